The first-order chi connectivity index (χ1) is 10.2. The van der Waals surface area contributed by atoms with E-state index in [1.54, 1.807) is 18.2 Å². The monoisotopic (exact) mass is 281 g/mol. The largest absolute Gasteiger partial charge is 0.508 e. The Kier molecular flexibility index (Phi) is 3.91. The number of nitrogens with zero attached hydrogens (tertiary/aromatic N) is 1. The van der Waals surface area contributed by atoms with Gasteiger partial charge in [0.15, 0.2) is 0 Å². The van der Waals surface area contributed by atoms with E-state index in [0.29, 0.717) is 11.5 Å². The third-order valence-electron chi connectivity index (χ3n) is 4.15. The third-order valence-corrected chi connectivity index (χ3v) is 4.15. The van der Waals surface area contributed by atoms with Gasteiger partial charge in [0, 0.05) is 24.6 Å². The second kappa shape index (κ2) is 6.00. The lowest BCUT2D eigenvalue weighted by molar-refractivity contribution is -0.129. The molecule has 1 N–H and O–H groups in total. The number of phenolic OH excluding ortho intramolecular Hbond substituents is 1. The molecule has 0 radical (unpaired) electrons. The fraction of sp³-hybridized carbons (Fsp3) is 0.278. The summed E-state index contributed by atoms with van der Waals surface area (Å²) in [6, 6.07) is 17.4. The molecule has 1 aliphatic rings. The van der Waals surface area contributed by atoms with E-state index in [0.717, 1.165) is 19.5 Å². The topological polar surface area (TPSA) is 40.5 Å². The van der Waals surface area contributed by atoms with Crippen LogP contribution in [0, 0.1) is 0 Å². The van der Waals surface area contributed by atoms with Crippen LogP contribution in [0.4, 0.5) is 0 Å². The molecule has 0 bridgehead atoms. The maximum absolute atomic E-state index is 12.4. The van der Waals surface area contributed by atoms with Crippen LogP contribution < -0.4 is 0 Å². The Bertz CT molecular complexity index is 624. The molecule has 3 rings (SSSR count). The summed E-state index contributed by atoms with van der Waals surface area (Å²) in [5, 5.41) is 9.76. The molecule has 0 aliphatic carbocycles. The van der Waals surface area contributed by atoms with Gasteiger partial charge in [-0.3, -0.25) is 4.79 Å². The average Bonchev–Trinajstić information content (AvgIpc) is 3.00. The van der Waals surface area contributed by atoms with Gasteiger partial charge in [-0.1, -0.05) is 48.5 Å². The average molecular weight is 281 g/mol. The van der Waals surface area contributed by atoms with E-state index in [9.17, 15) is 9.90 Å². The summed E-state index contributed by atoms with van der Waals surface area (Å²) in [6.07, 6.45) is 1.28. The molecule has 21 heavy (non-hydrogen) atoms. The summed E-state index contributed by atoms with van der Waals surface area (Å²) in [6.45, 7) is 1.57. The second-order valence-corrected chi connectivity index (χ2v) is 5.54. The van der Waals surface area contributed by atoms with Crippen molar-refractivity contribution in [2.75, 3.05) is 13.1 Å². The lowest BCUT2D eigenvalue weighted by Crippen LogP contribution is -2.29. The summed E-state index contributed by atoms with van der Waals surface area (Å²) >= 11 is 0. The summed E-state index contributed by atoms with van der Waals surface area (Å²) < 4.78 is 0. The highest BCUT2D eigenvalue weighted by atomic mass is 16.3. The number of phenols is 1. The first kappa shape index (κ1) is 13.7. The van der Waals surface area contributed by atoms with E-state index >= 15 is 0 Å². The number of benzene rings is 2. The van der Waals surface area contributed by atoms with E-state index in [1.807, 2.05) is 29.2 Å². The molecule has 1 fully saturated rings. The van der Waals surface area contributed by atoms with Crippen LogP contribution in [0.2, 0.25) is 0 Å². The molecule has 0 aromatic heterocycles. The van der Waals surface area contributed by atoms with Gasteiger partial charge in [-0.2, -0.15) is 0 Å². The highest BCUT2D eigenvalue weighted by Gasteiger charge is 2.27. The molecule has 1 atom stereocenters. The van der Waals surface area contributed by atoms with Crippen LogP contribution in [0.1, 0.15) is 23.5 Å². The lowest BCUT2D eigenvalue weighted by atomic mass is 9.99. The van der Waals surface area contributed by atoms with Gasteiger partial charge < -0.3 is 10.0 Å². The predicted octanol–water partition coefficient (Wildman–Crippen LogP) is 2.95. The zero-order valence-corrected chi connectivity index (χ0v) is 11.9. The van der Waals surface area contributed by atoms with E-state index in [4.69, 9.17) is 0 Å². The number of likely N-dealkylation sites (tertiary alicyclic amines) is 1. The number of carbonyl (C=O) groups excluding carboxylic acids is 1. The smallest absolute Gasteiger partial charge is 0.227 e. The molecule has 0 saturated carbocycles. The van der Waals surface area contributed by atoms with E-state index < -0.39 is 0 Å². The van der Waals surface area contributed by atoms with Crippen LogP contribution in [-0.2, 0) is 11.2 Å². The van der Waals surface area contributed by atoms with Gasteiger partial charge in [0.05, 0.1) is 6.42 Å². The highest BCUT2D eigenvalue weighted by Crippen LogP contribution is 2.27. The minimum Gasteiger partial charge on any atom is -0.508 e. The molecule has 1 aliphatic heterocycles. The zero-order chi connectivity index (χ0) is 14.7. The molecule has 1 amide bonds. The molecular formula is C18H19NO2. The van der Waals surface area contributed by atoms with Crippen LogP contribution in [0.5, 0.6) is 5.75 Å². The van der Waals surface area contributed by atoms with E-state index in [-0.39, 0.29) is 18.1 Å². The normalized spacial score (nSPS) is 17.9. The summed E-state index contributed by atoms with van der Waals surface area (Å²) in [7, 11) is 0. The van der Waals surface area contributed by atoms with Crippen LogP contribution in [0.25, 0.3) is 0 Å². The number of hydrogen-bond acceptors (Lipinski definition) is 2. The number of para-hydroxylation sites is 1. The van der Waals surface area contributed by atoms with Crippen LogP contribution in [0.15, 0.2) is 54.6 Å². The van der Waals surface area contributed by atoms with Crippen molar-refractivity contribution in [3.63, 3.8) is 0 Å². The van der Waals surface area contributed by atoms with Gasteiger partial charge in [0.2, 0.25) is 5.91 Å². The van der Waals surface area contributed by atoms with Crippen molar-refractivity contribution in [2.45, 2.75) is 18.8 Å². The number of aromatic hydroxyl groups is 1. The van der Waals surface area contributed by atoms with Gasteiger partial charge in [-0.05, 0) is 18.1 Å². The van der Waals surface area contributed by atoms with E-state index in [2.05, 4.69) is 12.1 Å². The molecule has 0 spiro atoms. The van der Waals surface area contributed by atoms with Crippen LogP contribution >= 0.6 is 0 Å². The SMILES string of the molecule is O=C(Cc1ccccc1O)N1CCC(c2ccccc2)C1. The van der Waals surface area contributed by atoms with Gasteiger partial charge in [0.1, 0.15) is 5.75 Å². The maximum atomic E-state index is 12.4. The Labute approximate surface area is 124 Å². The Morgan fingerprint density at radius 1 is 1.10 bits per heavy atom. The van der Waals surface area contributed by atoms with Crippen molar-refractivity contribution < 1.29 is 9.90 Å². The van der Waals surface area contributed by atoms with Crippen molar-refractivity contribution in [1.82, 2.24) is 4.90 Å². The minimum atomic E-state index is 0.0925. The quantitative estimate of drug-likeness (QED) is 0.939. The van der Waals surface area contributed by atoms with Crippen molar-refractivity contribution in [3.05, 3.63) is 65.7 Å². The molecule has 1 saturated heterocycles. The van der Waals surface area contributed by atoms with Crippen molar-refractivity contribution in [2.24, 2.45) is 0 Å². The number of hydrogen-bond donors (Lipinski definition) is 1. The Morgan fingerprint density at radius 3 is 2.57 bits per heavy atom. The predicted molar refractivity (Wildman–Crippen MR) is 82.2 cm³/mol. The van der Waals surface area contributed by atoms with Gasteiger partial charge in [0.25, 0.3) is 0 Å². The van der Waals surface area contributed by atoms with Crippen LogP contribution in [-0.4, -0.2) is 29.0 Å². The maximum Gasteiger partial charge on any atom is 0.227 e. The lowest BCUT2D eigenvalue weighted by Gasteiger charge is -2.17. The zero-order valence-electron chi connectivity index (χ0n) is 11.9. The number of carbonyl (C=O) groups is 1. The summed E-state index contributed by atoms with van der Waals surface area (Å²) in [5.74, 6) is 0.721. The number of rotatable bonds is 3. The fourth-order valence-electron chi connectivity index (χ4n) is 2.92. The summed E-state index contributed by atoms with van der Waals surface area (Å²) in [5.41, 5.74) is 2.00. The molecule has 2 aromatic carbocycles. The molecule has 3 nitrogen and oxygen atoms in total. The molecule has 1 unspecified atom stereocenters. The highest BCUT2D eigenvalue weighted by molar-refractivity contribution is 5.79. The first-order valence-corrected chi connectivity index (χ1v) is 7.33. The molecule has 2 aromatic rings. The van der Waals surface area contributed by atoms with E-state index in [1.165, 1.54) is 5.56 Å². The fourth-order valence-corrected chi connectivity index (χ4v) is 2.92. The van der Waals surface area contributed by atoms with Crippen LogP contribution in [0.3, 0.4) is 0 Å². The van der Waals surface area contributed by atoms with Crippen molar-refractivity contribution in [3.8, 4) is 5.75 Å². The summed E-state index contributed by atoms with van der Waals surface area (Å²) in [4.78, 5) is 14.3. The van der Waals surface area contributed by atoms with Gasteiger partial charge >= 0.3 is 0 Å². The second-order valence-electron chi connectivity index (χ2n) is 5.54. The van der Waals surface area contributed by atoms with Gasteiger partial charge in [-0.15, -0.1) is 0 Å². The third kappa shape index (κ3) is 3.07. The molecular weight excluding hydrogens is 262 g/mol. The molecule has 1 heterocycles. The first-order valence-electron chi connectivity index (χ1n) is 7.33. The number of amides is 1. The minimum absolute atomic E-state index is 0.0925. The molecule has 3 heteroatoms. The molecule has 108 valence electrons. The Hall–Kier alpha value is -2.29. The Morgan fingerprint density at radius 2 is 1.81 bits per heavy atom. The standard InChI is InChI=1S/C18H19NO2/c20-17-9-5-4-8-15(17)12-18(21)19-11-10-16(13-19)14-6-2-1-3-7-14/h1-9,16,20H,10-13H2. The van der Waals surface area contributed by atoms with Gasteiger partial charge in [-0.25, -0.2) is 0 Å². The van der Waals surface area contributed by atoms with Crippen molar-refractivity contribution in [1.29, 1.82) is 0 Å². The Balaban J connectivity index is 1.64. The van der Waals surface area contributed by atoms with Crippen molar-refractivity contribution >= 4 is 5.91 Å².